The minimum atomic E-state index is -5.32. The van der Waals surface area contributed by atoms with Gasteiger partial charge in [0, 0.05) is 12.1 Å². The summed E-state index contributed by atoms with van der Waals surface area (Å²) in [4.78, 5) is 10.9. The van der Waals surface area contributed by atoms with E-state index in [1.807, 2.05) is 0 Å². The number of sulfonamides is 1. The first kappa shape index (κ1) is 16.0. The lowest BCUT2D eigenvalue weighted by Crippen LogP contribution is -2.44. The number of hydrogen-bond donors (Lipinski definition) is 1. The SMILES string of the molecule is C=CC(=O)OC1CCC(NS(=O)(=O)C(F)(F)F)CC1. The van der Waals surface area contributed by atoms with Gasteiger partial charge in [-0.1, -0.05) is 6.58 Å². The summed E-state index contributed by atoms with van der Waals surface area (Å²) >= 11 is 0. The zero-order chi connectivity index (χ0) is 14.7. The molecule has 110 valence electrons. The molecular weight excluding hydrogens is 287 g/mol. The van der Waals surface area contributed by atoms with Crippen LogP contribution < -0.4 is 4.72 Å². The molecule has 0 unspecified atom stereocenters. The minimum absolute atomic E-state index is 0.185. The van der Waals surface area contributed by atoms with Crippen molar-refractivity contribution in [3.63, 3.8) is 0 Å². The molecule has 0 aromatic carbocycles. The molecule has 0 heterocycles. The standard InChI is InChI=1S/C10H14F3NO4S/c1-2-9(15)18-8-5-3-7(4-6-8)14-19(16,17)10(11,12)13/h2,7-8,14H,1,3-6H2. The Balaban J connectivity index is 2.47. The molecule has 1 saturated carbocycles. The Bertz CT molecular complexity index is 438. The van der Waals surface area contributed by atoms with E-state index in [0.29, 0.717) is 12.8 Å². The molecule has 0 aromatic heterocycles. The topological polar surface area (TPSA) is 72.5 Å². The van der Waals surface area contributed by atoms with Gasteiger partial charge in [-0.3, -0.25) is 0 Å². The molecule has 0 radical (unpaired) electrons. The molecule has 0 amide bonds. The van der Waals surface area contributed by atoms with E-state index in [2.05, 4.69) is 6.58 Å². The molecule has 0 spiro atoms. The summed E-state index contributed by atoms with van der Waals surface area (Å²) in [7, 11) is -5.32. The fourth-order valence-corrected chi connectivity index (χ4v) is 2.61. The van der Waals surface area contributed by atoms with Gasteiger partial charge in [-0.15, -0.1) is 0 Å². The van der Waals surface area contributed by atoms with Crippen LogP contribution in [-0.4, -0.2) is 32.0 Å². The van der Waals surface area contributed by atoms with Crippen LogP contribution in [0.15, 0.2) is 12.7 Å². The van der Waals surface area contributed by atoms with E-state index in [4.69, 9.17) is 4.74 Å². The Kier molecular flexibility index (Phi) is 4.97. The fraction of sp³-hybridized carbons (Fsp3) is 0.700. The van der Waals surface area contributed by atoms with Crippen LogP contribution in [0.4, 0.5) is 13.2 Å². The summed E-state index contributed by atoms with van der Waals surface area (Å²) in [6.07, 6.45) is 1.58. The summed E-state index contributed by atoms with van der Waals surface area (Å²) in [5, 5.41) is 0. The first-order chi connectivity index (χ1) is 8.65. The highest BCUT2D eigenvalue weighted by Gasteiger charge is 2.47. The number of carbonyl (C=O) groups is 1. The highest BCUT2D eigenvalue weighted by molar-refractivity contribution is 7.90. The predicted molar refractivity (Wildman–Crippen MR) is 60.4 cm³/mol. The summed E-state index contributed by atoms with van der Waals surface area (Å²) in [6.45, 7) is 3.23. The van der Waals surface area contributed by atoms with Gasteiger partial charge in [0.25, 0.3) is 0 Å². The van der Waals surface area contributed by atoms with Gasteiger partial charge in [-0.05, 0) is 25.7 Å². The lowest BCUT2D eigenvalue weighted by molar-refractivity contribution is -0.144. The van der Waals surface area contributed by atoms with Gasteiger partial charge in [0.05, 0.1) is 0 Å². The summed E-state index contributed by atoms with van der Waals surface area (Å²) in [5.74, 6) is -0.598. The molecule has 0 aliphatic heterocycles. The van der Waals surface area contributed by atoms with E-state index < -0.39 is 33.6 Å². The van der Waals surface area contributed by atoms with E-state index in [0.717, 1.165) is 6.08 Å². The zero-order valence-electron chi connectivity index (χ0n) is 9.94. The molecule has 19 heavy (non-hydrogen) atoms. The van der Waals surface area contributed by atoms with Crippen LogP contribution in [0.25, 0.3) is 0 Å². The third-order valence-corrected chi connectivity index (χ3v) is 4.00. The van der Waals surface area contributed by atoms with Gasteiger partial charge in [0.2, 0.25) is 0 Å². The van der Waals surface area contributed by atoms with E-state index >= 15 is 0 Å². The molecule has 0 aromatic rings. The molecule has 5 nitrogen and oxygen atoms in total. The van der Waals surface area contributed by atoms with Crippen LogP contribution in [0.2, 0.25) is 0 Å². The van der Waals surface area contributed by atoms with Gasteiger partial charge in [-0.25, -0.2) is 17.9 Å². The lowest BCUT2D eigenvalue weighted by atomic mass is 9.94. The summed E-state index contributed by atoms with van der Waals surface area (Å²) < 4.78 is 64.8. The molecule has 0 saturated heterocycles. The number of rotatable bonds is 4. The van der Waals surface area contributed by atoms with Crippen molar-refractivity contribution in [1.82, 2.24) is 4.72 Å². The Labute approximate surface area is 108 Å². The van der Waals surface area contributed by atoms with Crippen LogP contribution in [-0.2, 0) is 19.6 Å². The first-order valence-corrected chi connectivity index (χ1v) is 7.05. The van der Waals surface area contributed by atoms with E-state index in [1.165, 1.54) is 0 Å². The lowest BCUT2D eigenvalue weighted by Gasteiger charge is -2.28. The third-order valence-electron chi connectivity index (χ3n) is 2.75. The molecule has 9 heteroatoms. The quantitative estimate of drug-likeness (QED) is 0.630. The molecule has 1 N–H and O–H groups in total. The smallest absolute Gasteiger partial charge is 0.459 e. The van der Waals surface area contributed by atoms with Crippen LogP contribution in [0, 0.1) is 0 Å². The third kappa shape index (κ3) is 4.50. The number of nitrogens with one attached hydrogen (secondary N) is 1. The Hall–Kier alpha value is -1.09. The maximum Gasteiger partial charge on any atom is 0.511 e. The van der Waals surface area contributed by atoms with Gasteiger partial charge in [0.15, 0.2) is 0 Å². The van der Waals surface area contributed by atoms with Crippen molar-refractivity contribution in [1.29, 1.82) is 0 Å². The second-order valence-corrected chi connectivity index (χ2v) is 5.89. The van der Waals surface area contributed by atoms with Crippen LogP contribution >= 0.6 is 0 Å². The van der Waals surface area contributed by atoms with Crippen molar-refractivity contribution in [2.75, 3.05) is 0 Å². The minimum Gasteiger partial charge on any atom is -0.459 e. The normalized spacial score (nSPS) is 24.8. The number of halogens is 3. The molecule has 0 atom stereocenters. The van der Waals surface area contributed by atoms with Crippen LogP contribution in [0.1, 0.15) is 25.7 Å². The van der Waals surface area contributed by atoms with Gasteiger partial charge < -0.3 is 4.74 Å². The van der Waals surface area contributed by atoms with Crippen molar-refractivity contribution in [2.24, 2.45) is 0 Å². The van der Waals surface area contributed by atoms with Crippen LogP contribution in [0.5, 0.6) is 0 Å². The van der Waals surface area contributed by atoms with Crippen molar-refractivity contribution in [3.8, 4) is 0 Å². The highest BCUT2D eigenvalue weighted by atomic mass is 32.2. The Morgan fingerprint density at radius 3 is 2.21 bits per heavy atom. The highest BCUT2D eigenvalue weighted by Crippen LogP contribution is 2.26. The average Bonchev–Trinajstić information content (AvgIpc) is 2.29. The molecular formula is C10H14F3NO4S. The fourth-order valence-electron chi connectivity index (χ4n) is 1.80. The monoisotopic (exact) mass is 301 g/mol. The number of carbonyl (C=O) groups excluding carboxylic acids is 1. The maximum atomic E-state index is 12.2. The summed E-state index contributed by atoms with van der Waals surface area (Å²) in [6, 6.07) is -0.787. The Morgan fingerprint density at radius 2 is 1.79 bits per heavy atom. The van der Waals surface area contributed by atoms with E-state index in [1.54, 1.807) is 4.72 Å². The van der Waals surface area contributed by atoms with Gasteiger partial charge in [-0.2, -0.15) is 13.2 Å². The van der Waals surface area contributed by atoms with Crippen molar-refractivity contribution in [3.05, 3.63) is 12.7 Å². The largest absolute Gasteiger partial charge is 0.511 e. The molecule has 1 aliphatic rings. The predicted octanol–water partition coefficient (Wildman–Crippen LogP) is 1.47. The number of hydrogen-bond acceptors (Lipinski definition) is 4. The van der Waals surface area contributed by atoms with Crippen molar-refractivity contribution in [2.45, 2.75) is 43.3 Å². The second kappa shape index (κ2) is 5.91. The number of alkyl halides is 3. The maximum absolute atomic E-state index is 12.2. The van der Waals surface area contributed by atoms with Gasteiger partial charge in [0.1, 0.15) is 6.10 Å². The first-order valence-electron chi connectivity index (χ1n) is 5.57. The van der Waals surface area contributed by atoms with Gasteiger partial charge >= 0.3 is 21.5 Å². The Morgan fingerprint density at radius 1 is 1.26 bits per heavy atom. The molecule has 1 rings (SSSR count). The summed E-state index contributed by atoms with van der Waals surface area (Å²) in [5.41, 5.74) is -5.31. The molecule has 1 fully saturated rings. The van der Waals surface area contributed by atoms with Crippen LogP contribution in [0.3, 0.4) is 0 Å². The van der Waals surface area contributed by atoms with E-state index in [9.17, 15) is 26.4 Å². The second-order valence-electron chi connectivity index (χ2n) is 4.18. The molecule has 0 bridgehead atoms. The average molecular weight is 301 g/mol. The number of ether oxygens (including phenoxy) is 1. The van der Waals surface area contributed by atoms with E-state index in [-0.39, 0.29) is 12.8 Å². The van der Waals surface area contributed by atoms with Crippen molar-refractivity contribution < 1.29 is 31.1 Å². The molecule has 1 aliphatic carbocycles. The number of esters is 1. The van der Waals surface area contributed by atoms with Crippen molar-refractivity contribution >= 4 is 16.0 Å². The zero-order valence-corrected chi connectivity index (χ0v) is 10.8.